The average Bonchev–Trinajstić information content (AvgIpc) is 2.95. The van der Waals surface area contributed by atoms with Gasteiger partial charge in [-0.05, 0) is 35.9 Å². The molecule has 0 unspecified atom stereocenters. The first-order chi connectivity index (χ1) is 10.7. The first-order valence-corrected chi connectivity index (χ1v) is 7.09. The van der Waals surface area contributed by atoms with Crippen LogP contribution in [0, 0.1) is 0 Å². The molecule has 3 aromatic rings. The zero-order valence-corrected chi connectivity index (χ0v) is 12.6. The molecule has 0 aliphatic heterocycles. The normalized spacial score (nSPS) is 10.6. The number of halogens is 1. The van der Waals surface area contributed by atoms with E-state index in [-0.39, 0.29) is 12.3 Å². The molecule has 0 spiro atoms. The standard InChI is InChI=1S/C16H14ClN3O2/c1-22-15-5-3-11(17)8-14(15)20-16(21)7-10-2-4-12-13(6-10)19-9-18-12/h2-6,8-9H,7H2,1H3,(H,18,19)(H,20,21). The van der Waals surface area contributed by atoms with Crippen LogP contribution in [0.5, 0.6) is 5.75 Å². The molecule has 0 fully saturated rings. The molecule has 0 atom stereocenters. The second-order valence-corrected chi connectivity index (χ2v) is 5.26. The summed E-state index contributed by atoms with van der Waals surface area (Å²) in [6, 6.07) is 10.8. The molecule has 0 saturated carbocycles. The van der Waals surface area contributed by atoms with Crippen molar-refractivity contribution < 1.29 is 9.53 Å². The predicted octanol–water partition coefficient (Wildman–Crippen LogP) is 3.41. The Hall–Kier alpha value is -2.53. The third-order valence-corrected chi connectivity index (χ3v) is 3.52. The van der Waals surface area contributed by atoms with Gasteiger partial charge in [-0.1, -0.05) is 17.7 Å². The molecule has 6 heteroatoms. The third-order valence-electron chi connectivity index (χ3n) is 3.28. The van der Waals surface area contributed by atoms with Gasteiger partial charge in [-0.25, -0.2) is 4.98 Å². The SMILES string of the molecule is COc1ccc(Cl)cc1NC(=O)Cc1ccc2nc[nH]c2c1. The lowest BCUT2D eigenvalue weighted by Gasteiger charge is -2.10. The van der Waals surface area contributed by atoms with Gasteiger partial charge in [-0.15, -0.1) is 0 Å². The second kappa shape index (κ2) is 6.07. The number of nitrogens with one attached hydrogen (secondary N) is 2. The van der Waals surface area contributed by atoms with E-state index in [2.05, 4.69) is 15.3 Å². The van der Waals surface area contributed by atoms with Crippen LogP contribution in [0.1, 0.15) is 5.56 Å². The highest BCUT2D eigenvalue weighted by Gasteiger charge is 2.10. The van der Waals surface area contributed by atoms with E-state index in [1.54, 1.807) is 31.6 Å². The average molecular weight is 316 g/mol. The van der Waals surface area contributed by atoms with E-state index in [1.807, 2.05) is 18.2 Å². The van der Waals surface area contributed by atoms with Gasteiger partial charge < -0.3 is 15.0 Å². The van der Waals surface area contributed by atoms with E-state index in [0.29, 0.717) is 16.5 Å². The number of ether oxygens (including phenoxy) is 1. The molecular weight excluding hydrogens is 302 g/mol. The number of imidazole rings is 1. The van der Waals surface area contributed by atoms with Crippen molar-refractivity contribution in [2.75, 3.05) is 12.4 Å². The van der Waals surface area contributed by atoms with Crippen LogP contribution >= 0.6 is 11.6 Å². The van der Waals surface area contributed by atoms with Gasteiger partial charge in [0, 0.05) is 5.02 Å². The number of hydrogen-bond donors (Lipinski definition) is 2. The zero-order chi connectivity index (χ0) is 15.5. The van der Waals surface area contributed by atoms with E-state index >= 15 is 0 Å². The number of aromatic amines is 1. The largest absolute Gasteiger partial charge is 0.495 e. The number of fused-ring (bicyclic) bond motifs is 1. The fourth-order valence-corrected chi connectivity index (χ4v) is 2.42. The van der Waals surface area contributed by atoms with Crippen LogP contribution in [-0.4, -0.2) is 23.0 Å². The Morgan fingerprint density at radius 2 is 2.18 bits per heavy atom. The Kier molecular flexibility index (Phi) is 3.98. The summed E-state index contributed by atoms with van der Waals surface area (Å²) in [5.74, 6) is 0.432. The van der Waals surface area contributed by atoms with Gasteiger partial charge in [0.1, 0.15) is 5.75 Å². The Morgan fingerprint density at radius 1 is 1.32 bits per heavy atom. The second-order valence-electron chi connectivity index (χ2n) is 4.82. The van der Waals surface area contributed by atoms with Crippen molar-refractivity contribution in [3.63, 3.8) is 0 Å². The highest BCUT2D eigenvalue weighted by atomic mass is 35.5. The number of benzene rings is 2. The Bertz CT molecular complexity index is 829. The van der Waals surface area contributed by atoms with Gasteiger partial charge in [0.2, 0.25) is 5.91 Å². The van der Waals surface area contributed by atoms with Crippen LogP contribution in [0.15, 0.2) is 42.7 Å². The van der Waals surface area contributed by atoms with Gasteiger partial charge in [-0.3, -0.25) is 4.79 Å². The summed E-state index contributed by atoms with van der Waals surface area (Å²) >= 11 is 5.95. The van der Waals surface area contributed by atoms with E-state index in [0.717, 1.165) is 16.6 Å². The maximum Gasteiger partial charge on any atom is 0.228 e. The summed E-state index contributed by atoms with van der Waals surface area (Å²) in [4.78, 5) is 19.4. The van der Waals surface area contributed by atoms with E-state index < -0.39 is 0 Å². The Balaban J connectivity index is 1.76. The molecule has 0 radical (unpaired) electrons. The summed E-state index contributed by atoms with van der Waals surface area (Å²) in [6.07, 6.45) is 1.88. The summed E-state index contributed by atoms with van der Waals surface area (Å²) < 4.78 is 5.21. The van der Waals surface area contributed by atoms with Crippen molar-refractivity contribution in [3.05, 3.63) is 53.3 Å². The number of hydrogen-bond acceptors (Lipinski definition) is 3. The maximum absolute atomic E-state index is 12.2. The maximum atomic E-state index is 12.2. The highest BCUT2D eigenvalue weighted by molar-refractivity contribution is 6.31. The molecule has 1 heterocycles. The van der Waals surface area contributed by atoms with Crippen LogP contribution in [0.3, 0.4) is 0 Å². The molecule has 0 aliphatic rings. The third kappa shape index (κ3) is 3.04. The predicted molar refractivity (Wildman–Crippen MR) is 86.4 cm³/mol. The molecular formula is C16H14ClN3O2. The van der Waals surface area contributed by atoms with Crippen molar-refractivity contribution in [2.24, 2.45) is 0 Å². The van der Waals surface area contributed by atoms with Gasteiger partial charge in [0.25, 0.3) is 0 Å². The van der Waals surface area contributed by atoms with Crippen molar-refractivity contribution in [3.8, 4) is 5.75 Å². The molecule has 0 aliphatic carbocycles. The molecule has 2 N–H and O–H groups in total. The van der Waals surface area contributed by atoms with Gasteiger partial charge in [-0.2, -0.15) is 0 Å². The van der Waals surface area contributed by atoms with Gasteiger partial charge >= 0.3 is 0 Å². The Labute approximate surface area is 132 Å². The van der Waals surface area contributed by atoms with Crippen LogP contribution < -0.4 is 10.1 Å². The topological polar surface area (TPSA) is 67.0 Å². The van der Waals surface area contributed by atoms with Gasteiger partial charge in [0.05, 0.1) is 36.6 Å². The lowest BCUT2D eigenvalue weighted by atomic mass is 10.1. The monoisotopic (exact) mass is 315 g/mol. The van der Waals surface area contributed by atoms with Crippen LogP contribution in [-0.2, 0) is 11.2 Å². The van der Waals surface area contributed by atoms with Gasteiger partial charge in [0.15, 0.2) is 0 Å². The number of amides is 1. The van der Waals surface area contributed by atoms with Crippen LogP contribution in [0.2, 0.25) is 5.02 Å². The number of H-pyrrole nitrogens is 1. The molecule has 3 rings (SSSR count). The molecule has 1 aromatic heterocycles. The van der Waals surface area contributed by atoms with E-state index in [4.69, 9.17) is 16.3 Å². The number of rotatable bonds is 4. The molecule has 1 amide bonds. The highest BCUT2D eigenvalue weighted by Crippen LogP contribution is 2.27. The number of methoxy groups -OCH3 is 1. The Morgan fingerprint density at radius 3 is 3.00 bits per heavy atom. The summed E-state index contributed by atoms with van der Waals surface area (Å²) in [5, 5.41) is 3.36. The van der Waals surface area contributed by atoms with E-state index in [9.17, 15) is 4.79 Å². The van der Waals surface area contributed by atoms with Crippen molar-refractivity contribution in [2.45, 2.75) is 6.42 Å². The molecule has 5 nitrogen and oxygen atoms in total. The first-order valence-electron chi connectivity index (χ1n) is 6.71. The summed E-state index contributed by atoms with van der Waals surface area (Å²) in [5.41, 5.74) is 3.24. The first kappa shape index (κ1) is 14.4. The minimum absolute atomic E-state index is 0.139. The number of carbonyl (C=O) groups excluding carboxylic acids is 1. The van der Waals surface area contributed by atoms with Crippen LogP contribution in [0.4, 0.5) is 5.69 Å². The van der Waals surface area contributed by atoms with Crippen molar-refractivity contribution in [1.29, 1.82) is 0 Å². The fourth-order valence-electron chi connectivity index (χ4n) is 2.25. The summed E-state index contributed by atoms with van der Waals surface area (Å²) in [7, 11) is 1.55. The molecule has 0 saturated heterocycles. The lowest BCUT2D eigenvalue weighted by molar-refractivity contribution is -0.115. The minimum Gasteiger partial charge on any atom is -0.495 e. The molecule has 22 heavy (non-hydrogen) atoms. The molecule has 112 valence electrons. The quantitative estimate of drug-likeness (QED) is 0.775. The lowest BCUT2D eigenvalue weighted by Crippen LogP contribution is -2.15. The number of anilines is 1. The zero-order valence-electron chi connectivity index (χ0n) is 11.9. The number of aromatic nitrogens is 2. The molecule has 2 aromatic carbocycles. The number of nitrogens with zero attached hydrogens (tertiary/aromatic N) is 1. The van der Waals surface area contributed by atoms with Crippen molar-refractivity contribution in [1.82, 2.24) is 9.97 Å². The van der Waals surface area contributed by atoms with Crippen LogP contribution in [0.25, 0.3) is 11.0 Å². The van der Waals surface area contributed by atoms with E-state index in [1.165, 1.54) is 0 Å². The number of carbonyl (C=O) groups is 1. The summed E-state index contributed by atoms with van der Waals surface area (Å²) in [6.45, 7) is 0. The smallest absolute Gasteiger partial charge is 0.228 e. The minimum atomic E-state index is -0.139. The van der Waals surface area contributed by atoms with Crippen molar-refractivity contribution >= 4 is 34.2 Å². The molecule has 0 bridgehead atoms. The fraction of sp³-hybridized carbons (Fsp3) is 0.125.